The Balaban J connectivity index is 1.98. The largest absolute Gasteiger partial charge is 0.295 e. The number of rotatable bonds is 4. The van der Waals surface area contributed by atoms with E-state index in [4.69, 9.17) is 23.2 Å². The van der Waals surface area contributed by atoms with Crippen LogP contribution >= 0.6 is 23.2 Å². The maximum absolute atomic E-state index is 11.9. The Bertz CT molecular complexity index is 1000. The molecule has 0 fully saturated rings. The zero-order valence-electron chi connectivity index (χ0n) is 12.4. The molecule has 0 saturated heterocycles. The third-order valence-corrected chi connectivity index (χ3v) is 3.67. The first-order chi connectivity index (χ1) is 11.9. The van der Waals surface area contributed by atoms with Crippen molar-refractivity contribution in [2.45, 2.75) is 0 Å². The van der Waals surface area contributed by atoms with E-state index in [1.807, 2.05) is 0 Å². The van der Waals surface area contributed by atoms with E-state index < -0.39 is 10.5 Å². The van der Waals surface area contributed by atoms with Gasteiger partial charge in [0.15, 0.2) is 5.69 Å². The predicted molar refractivity (Wildman–Crippen MR) is 94.1 cm³/mol. The number of halogens is 2. The maximum Gasteiger partial charge on any atom is 0.292 e. The van der Waals surface area contributed by atoms with Gasteiger partial charge >= 0.3 is 0 Å². The van der Waals surface area contributed by atoms with Crippen LogP contribution in [-0.4, -0.2) is 15.1 Å². The van der Waals surface area contributed by atoms with E-state index in [0.717, 1.165) is 0 Å². The molecule has 0 radical (unpaired) electrons. The van der Waals surface area contributed by atoms with Crippen molar-refractivity contribution in [3.8, 4) is 11.3 Å². The summed E-state index contributed by atoms with van der Waals surface area (Å²) in [5.74, 6) is 0. The first kappa shape index (κ1) is 16.9. The van der Waals surface area contributed by atoms with Crippen molar-refractivity contribution in [3.63, 3.8) is 0 Å². The molecule has 0 aliphatic heterocycles. The Morgan fingerprint density at radius 2 is 1.60 bits per heavy atom. The van der Waals surface area contributed by atoms with Crippen molar-refractivity contribution in [2.75, 3.05) is 0 Å². The van der Waals surface area contributed by atoms with Crippen molar-refractivity contribution in [3.05, 3.63) is 73.0 Å². The number of azo groups is 1. The van der Waals surface area contributed by atoms with Gasteiger partial charge in [0.05, 0.1) is 16.3 Å². The van der Waals surface area contributed by atoms with Gasteiger partial charge < -0.3 is 0 Å². The number of benzene rings is 2. The molecule has 10 heteroatoms. The van der Waals surface area contributed by atoms with Crippen LogP contribution in [0.25, 0.3) is 11.3 Å². The average Bonchev–Trinajstić information content (AvgIpc) is 2.93. The van der Waals surface area contributed by atoms with Gasteiger partial charge in [-0.3, -0.25) is 25.1 Å². The number of hydrogen-bond donors (Lipinski definition) is 2. The van der Waals surface area contributed by atoms with Gasteiger partial charge in [-0.25, -0.2) is 0 Å². The standard InChI is InChI=1S/C15H9Cl2N5O3/c16-9-5-10(17)7-11(6-9)18-20-14-13(19-21-15(14)23)8-1-3-12(4-2-8)22(24)25/h1-7H,(H2,19,21,23). The van der Waals surface area contributed by atoms with Gasteiger partial charge in [0.25, 0.3) is 11.2 Å². The van der Waals surface area contributed by atoms with Crippen molar-refractivity contribution in [1.29, 1.82) is 0 Å². The minimum absolute atomic E-state index is 0.0324. The Morgan fingerprint density at radius 1 is 0.960 bits per heavy atom. The van der Waals surface area contributed by atoms with Crippen LogP contribution in [0.4, 0.5) is 17.1 Å². The fourth-order valence-electron chi connectivity index (χ4n) is 2.11. The second-order valence-electron chi connectivity index (χ2n) is 4.93. The van der Waals surface area contributed by atoms with Crippen LogP contribution in [0.1, 0.15) is 0 Å². The van der Waals surface area contributed by atoms with Crippen molar-refractivity contribution in [1.82, 2.24) is 10.2 Å². The molecule has 3 rings (SSSR count). The number of H-pyrrole nitrogens is 2. The SMILES string of the molecule is O=c1[nH][nH]c(-c2ccc([N+](=O)[O-])cc2)c1N=Nc1cc(Cl)cc(Cl)c1. The summed E-state index contributed by atoms with van der Waals surface area (Å²) in [4.78, 5) is 22.2. The smallest absolute Gasteiger partial charge is 0.292 e. The number of nitro groups is 1. The zero-order chi connectivity index (χ0) is 18.0. The number of nitrogens with one attached hydrogen (secondary N) is 2. The van der Waals surface area contributed by atoms with E-state index in [-0.39, 0.29) is 11.4 Å². The number of nitro benzene ring substituents is 1. The number of hydrogen-bond acceptors (Lipinski definition) is 5. The van der Waals surface area contributed by atoms with E-state index in [2.05, 4.69) is 20.4 Å². The molecular formula is C15H9Cl2N5O3. The fraction of sp³-hybridized carbons (Fsp3) is 0. The number of aromatic nitrogens is 2. The highest BCUT2D eigenvalue weighted by Gasteiger charge is 2.13. The predicted octanol–water partition coefficient (Wildman–Crippen LogP) is 5.00. The molecule has 25 heavy (non-hydrogen) atoms. The monoisotopic (exact) mass is 377 g/mol. The molecular weight excluding hydrogens is 369 g/mol. The third-order valence-electron chi connectivity index (χ3n) is 3.23. The molecule has 1 aromatic heterocycles. The van der Waals surface area contributed by atoms with Crippen LogP contribution in [0.2, 0.25) is 10.0 Å². The summed E-state index contributed by atoms with van der Waals surface area (Å²) < 4.78 is 0. The molecule has 2 aromatic carbocycles. The minimum Gasteiger partial charge on any atom is -0.295 e. The number of non-ortho nitro benzene ring substituents is 1. The normalized spacial score (nSPS) is 11.1. The van der Waals surface area contributed by atoms with Crippen molar-refractivity contribution < 1.29 is 4.92 Å². The van der Waals surface area contributed by atoms with E-state index in [1.54, 1.807) is 18.2 Å². The molecule has 0 aliphatic carbocycles. The van der Waals surface area contributed by atoms with E-state index in [9.17, 15) is 14.9 Å². The molecule has 0 aliphatic rings. The molecule has 126 valence electrons. The van der Waals surface area contributed by atoms with E-state index >= 15 is 0 Å². The summed E-state index contributed by atoms with van der Waals surface area (Å²) >= 11 is 11.8. The van der Waals surface area contributed by atoms with Crippen LogP contribution < -0.4 is 5.56 Å². The van der Waals surface area contributed by atoms with Crippen molar-refractivity contribution in [2.24, 2.45) is 10.2 Å². The molecule has 8 nitrogen and oxygen atoms in total. The van der Waals surface area contributed by atoms with Gasteiger partial charge in [-0.1, -0.05) is 23.2 Å². The summed E-state index contributed by atoms with van der Waals surface area (Å²) in [6.45, 7) is 0. The lowest BCUT2D eigenvalue weighted by Gasteiger charge is -1.99. The van der Waals surface area contributed by atoms with Gasteiger partial charge in [-0.2, -0.15) is 5.11 Å². The van der Waals surface area contributed by atoms with Crippen LogP contribution in [0, 0.1) is 10.1 Å². The van der Waals surface area contributed by atoms with E-state index in [1.165, 1.54) is 24.3 Å². The van der Waals surface area contributed by atoms with Crippen LogP contribution in [-0.2, 0) is 0 Å². The average molecular weight is 378 g/mol. The highest BCUT2D eigenvalue weighted by atomic mass is 35.5. The Kier molecular flexibility index (Phi) is 4.64. The summed E-state index contributed by atoms with van der Waals surface area (Å²) in [6.07, 6.45) is 0. The van der Waals surface area contributed by atoms with Crippen LogP contribution in [0.15, 0.2) is 57.5 Å². The van der Waals surface area contributed by atoms with E-state index in [0.29, 0.717) is 27.0 Å². The summed E-state index contributed by atoms with van der Waals surface area (Å²) in [5.41, 5.74) is 0.778. The first-order valence-electron chi connectivity index (χ1n) is 6.87. The molecule has 0 bridgehead atoms. The van der Waals surface area contributed by atoms with Gasteiger partial charge in [0, 0.05) is 27.7 Å². The maximum atomic E-state index is 11.9. The van der Waals surface area contributed by atoms with Crippen LogP contribution in [0.3, 0.4) is 0 Å². The molecule has 3 aromatic rings. The fourth-order valence-corrected chi connectivity index (χ4v) is 2.62. The second kappa shape index (κ2) is 6.88. The topological polar surface area (TPSA) is 117 Å². The Labute approximate surface area is 150 Å². The molecule has 0 unspecified atom stereocenters. The van der Waals surface area contributed by atoms with Gasteiger partial charge in [0.2, 0.25) is 0 Å². The molecule has 0 atom stereocenters. The lowest BCUT2D eigenvalue weighted by Crippen LogP contribution is -1.96. The quantitative estimate of drug-likeness (QED) is 0.378. The van der Waals surface area contributed by atoms with Crippen molar-refractivity contribution >= 4 is 40.3 Å². The minimum atomic E-state index is -0.507. The first-order valence-corrected chi connectivity index (χ1v) is 7.63. The third kappa shape index (κ3) is 3.76. The number of aromatic amines is 2. The highest BCUT2D eigenvalue weighted by molar-refractivity contribution is 6.35. The Morgan fingerprint density at radius 3 is 2.20 bits per heavy atom. The van der Waals surface area contributed by atoms with Crippen LogP contribution in [0.5, 0.6) is 0 Å². The lowest BCUT2D eigenvalue weighted by molar-refractivity contribution is -0.384. The van der Waals surface area contributed by atoms with Gasteiger partial charge in [-0.05, 0) is 30.3 Å². The molecule has 0 amide bonds. The lowest BCUT2D eigenvalue weighted by atomic mass is 10.1. The van der Waals surface area contributed by atoms with Gasteiger partial charge in [0.1, 0.15) is 0 Å². The molecule has 0 saturated carbocycles. The second-order valence-corrected chi connectivity index (χ2v) is 5.81. The Hall–Kier alpha value is -2.97. The summed E-state index contributed by atoms with van der Waals surface area (Å²) in [6, 6.07) is 10.3. The summed E-state index contributed by atoms with van der Waals surface area (Å²) in [7, 11) is 0. The highest BCUT2D eigenvalue weighted by Crippen LogP contribution is 2.29. The molecule has 1 heterocycles. The van der Waals surface area contributed by atoms with Gasteiger partial charge in [-0.15, -0.1) is 5.11 Å². The zero-order valence-corrected chi connectivity index (χ0v) is 13.9. The summed E-state index contributed by atoms with van der Waals surface area (Å²) in [5, 5.41) is 24.5. The molecule has 2 N–H and O–H groups in total. The number of nitrogens with zero attached hydrogens (tertiary/aromatic N) is 3. The molecule has 0 spiro atoms.